The monoisotopic (exact) mass is 309 g/mol. The van der Waals surface area contributed by atoms with Crippen molar-refractivity contribution in [2.75, 3.05) is 6.54 Å². The Kier molecular flexibility index (Phi) is 4.96. The van der Waals surface area contributed by atoms with Crippen LogP contribution in [-0.4, -0.2) is 6.54 Å². The number of halogens is 3. The summed E-state index contributed by atoms with van der Waals surface area (Å²) >= 11 is 6.33. The molecular formula is C17H18ClF2N. The molecule has 1 N–H and O–H groups in total. The fourth-order valence-electron chi connectivity index (χ4n) is 2.35. The van der Waals surface area contributed by atoms with Crippen LogP contribution in [0.25, 0.3) is 0 Å². The summed E-state index contributed by atoms with van der Waals surface area (Å²) in [6.07, 6.45) is 0. The van der Waals surface area contributed by atoms with Crippen LogP contribution in [0.5, 0.6) is 0 Å². The average Bonchev–Trinajstić information content (AvgIpc) is 2.41. The summed E-state index contributed by atoms with van der Waals surface area (Å²) in [5.74, 6) is -1.16. The Morgan fingerprint density at radius 1 is 1.05 bits per heavy atom. The van der Waals surface area contributed by atoms with Crippen LogP contribution in [0, 0.1) is 25.5 Å². The standard InChI is InChI=1S/C17H18ClF2N/c1-4-21-17(13-6-5-12(19)9-16(13)20)14-7-10(2)11(3)8-15(14)18/h5-9,17,21H,4H2,1-3H3. The molecule has 0 heterocycles. The van der Waals surface area contributed by atoms with Crippen LogP contribution < -0.4 is 5.32 Å². The molecular weight excluding hydrogens is 292 g/mol. The Balaban J connectivity index is 2.55. The summed E-state index contributed by atoms with van der Waals surface area (Å²) in [6.45, 7) is 6.54. The van der Waals surface area contributed by atoms with Gasteiger partial charge in [0, 0.05) is 16.7 Å². The van der Waals surface area contributed by atoms with Gasteiger partial charge >= 0.3 is 0 Å². The van der Waals surface area contributed by atoms with Gasteiger partial charge in [-0.3, -0.25) is 0 Å². The largest absolute Gasteiger partial charge is 0.306 e. The lowest BCUT2D eigenvalue weighted by Crippen LogP contribution is -2.23. The van der Waals surface area contributed by atoms with Gasteiger partial charge in [0.1, 0.15) is 11.6 Å². The summed E-state index contributed by atoms with van der Waals surface area (Å²) in [6, 6.07) is 7.05. The molecule has 0 fully saturated rings. The van der Waals surface area contributed by atoms with E-state index in [4.69, 9.17) is 11.6 Å². The lowest BCUT2D eigenvalue weighted by Gasteiger charge is -2.22. The van der Waals surface area contributed by atoms with E-state index in [2.05, 4.69) is 5.32 Å². The Labute approximate surface area is 128 Å². The van der Waals surface area contributed by atoms with Crippen LogP contribution in [-0.2, 0) is 0 Å². The van der Waals surface area contributed by atoms with E-state index in [0.717, 1.165) is 22.8 Å². The molecule has 0 radical (unpaired) electrons. The maximum absolute atomic E-state index is 14.1. The number of nitrogens with one attached hydrogen (secondary N) is 1. The summed E-state index contributed by atoms with van der Waals surface area (Å²) < 4.78 is 27.2. The first-order valence-electron chi connectivity index (χ1n) is 6.89. The van der Waals surface area contributed by atoms with Crippen LogP contribution in [0.15, 0.2) is 30.3 Å². The molecule has 2 aromatic rings. The Hall–Kier alpha value is -1.45. The minimum Gasteiger partial charge on any atom is -0.306 e. The summed E-state index contributed by atoms with van der Waals surface area (Å²) in [7, 11) is 0. The third-order valence-corrected chi connectivity index (χ3v) is 3.93. The first-order chi connectivity index (χ1) is 9.93. The molecule has 1 unspecified atom stereocenters. The van der Waals surface area contributed by atoms with Gasteiger partial charge in [-0.1, -0.05) is 30.7 Å². The average molecular weight is 310 g/mol. The highest BCUT2D eigenvalue weighted by Crippen LogP contribution is 2.32. The highest BCUT2D eigenvalue weighted by molar-refractivity contribution is 6.31. The van der Waals surface area contributed by atoms with Crippen LogP contribution in [0.3, 0.4) is 0 Å². The number of aryl methyl sites for hydroxylation is 2. The van der Waals surface area contributed by atoms with Crippen molar-refractivity contribution >= 4 is 11.6 Å². The lowest BCUT2D eigenvalue weighted by molar-refractivity contribution is 0.541. The molecule has 1 atom stereocenters. The Bertz CT molecular complexity index is 655. The molecule has 0 aliphatic rings. The molecule has 1 nitrogen and oxygen atoms in total. The smallest absolute Gasteiger partial charge is 0.131 e. The molecule has 0 amide bonds. The zero-order valence-corrected chi connectivity index (χ0v) is 13.1. The minimum absolute atomic E-state index is 0.392. The minimum atomic E-state index is -0.585. The molecule has 0 saturated carbocycles. The highest BCUT2D eigenvalue weighted by atomic mass is 35.5. The van der Waals surface area contributed by atoms with Crippen molar-refractivity contribution in [2.45, 2.75) is 26.8 Å². The van der Waals surface area contributed by atoms with Crippen molar-refractivity contribution < 1.29 is 8.78 Å². The van der Waals surface area contributed by atoms with E-state index in [9.17, 15) is 8.78 Å². The predicted octanol–water partition coefficient (Wildman–Crippen LogP) is 4.93. The first kappa shape index (κ1) is 15.9. The van der Waals surface area contributed by atoms with E-state index in [1.807, 2.05) is 32.9 Å². The van der Waals surface area contributed by atoms with E-state index >= 15 is 0 Å². The van der Waals surface area contributed by atoms with Gasteiger partial charge in [0.2, 0.25) is 0 Å². The third kappa shape index (κ3) is 3.42. The normalized spacial score (nSPS) is 12.5. The van der Waals surface area contributed by atoms with Gasteiger partial charge in [0.15, 0.2) is 0 Å². The Morgan fingerprint density at radius 3 is 2.33 bits per heavy atom. The van der Waals surface area contributed by atoms with Gasteiger partial charge in [-0.2, -0.15) is 0 Å². The summed E-state index contributed by atoms with van der Waals surface area (Å²) in [5, 5.41) is 3.79. The van der Waals surface area contributed by atoms with E-state index in [-0.39, 0.29) is 0 Å². The maximum atomic E-state index is 14.1. The fraction of sp³-hybridized carbons (Fsp3) is 0.294. The molecule has 112 valence electrons. The fourth-order valence-corrected chi connectivity index (χ4v) is 2.68. The Morgan fingerprint density at radius 2 is 1.71 bits per heavy atom. The van der Waals surface area contributed by atoms with E-state index in [0.29, 0.717) is 17.1 Å². The molecule has 0 aromatic heterocycles. The van der Waals surface area contributed by atoms with Crippen molar-refractivity contribution in [3.05, 3.63) is 69.2 Å². The van der Waals surface area contributed by atoms with Gasteiger partial charge in [0.05, 0.1) is 6.04 Å². The lowest BCUT2D eigenvalue weighted by atomic mass is 9.95. The summed E-state index contributed by atoms with van der Waals surface area (Å²) in [4.78, 5) is 0. The van der Waals surface area contributed by atoms with Gasteiger partial charge in [-0.25, -0.2) is 8.78 Å². The number of rotatable bonds is 4. The van der Waals surface area contributed by atoms with Crippen LogP contribution in [0.1, 0.15) is 35.2 Å². The van der Waals surface area contributed by atoms with Crippen LogP contribution in [0.4, 0.5) is 8.78 Å². The van der Waals surface area contributed by atoms with E-state index < -0.39 is 17.7 Å². The number of hydrogen-bond acceptors (Lipinski definition) is 1. The van der Waals surface area contributed by atoms with Crippen molar-refractivity contribution in [1.82, 2.24) is 5.32 Å². The molecule has 0 saturated heterocycles. The summed E-state index contributed by atoms with van der Waals surface area (Å²) in [5.41, 5.74) is 3.36. The van der Waals surface area contributed by atoms with Gasteiger partial charge in [-0.15, -0.1) is 0 Å². The van der Waals surface area contributed by atoms with Gasteiger partial charge in [-0.05, 0) is 49.2 Å². The van der Waals surface area contributed by atoms with E-state index in [1.165, 1.54) is 12.1 Å². The molecule has 2 aromatic carbocycles. The molecule has 0 spiro atoms. The topological polar surface area (TPSA) is 12.0 Å². The van der Waals surface area contributed by atoms with Gasteiger partial charge in [0.25, 0.3) is 0 Å². The zero-order valence-electron chi connectivity index (χ0n) is 12.3. The second-order valence-electron chi connectivity index (χ2n) is 5.11. The second-order valence-corrected chi connectivity index (χ2v) is 5.52. The quantitative estimate of drug-likeness (QED) is 0.844. The highest BCUT2D eigenvalue weighted by Gasteiger charge is 2.20. The van der Waals surface area contributed by atoms with Crippen LogP contribution >= 0.6 is 11.6 Å². The first-order valence-corrected chi connectivity index (χ1v) is 7.26. The van der Waals surface area contributed by atoms with Crippen molar-refractivity contribution in [1.29, 1.82) is 0 Å². The molecule has 0 aliphatic heterocycles. The third-order valence-electron chi connectivity index (χ3n) is 3.61. The second kappa shape index (κ2) is 6.54. The van der Waals surface area contributed by atoms with Gasteiger partial charge < -0.3 is 5.32 Å². The molecule has 4 heteroatoms. The molecule has 21 heavy (non-hydrogen) atoms. The van der Waals surface area contributed by atoms with Crippen molar-refractivity contribution in [3.8, 4) is 0 Å². The van der Waals surface area contributed by atoms with Crippen LogP contribution in [0.2, 0.25) is 5.02 Å². The number of hydrogen-bond donors (Lipinski definition) is 1. The predicted molar refractivity (Wildman–Crippen MR) is 82.8 cm³/mol. The zero-order chi connectivity index (χ0) is 15.6. The molecule has 0 bridgehead atoms. The maximum Gasteiger partial charge on any atom is 0.131 e. The SMILES string of the molecule is CCNC(c1ccc(F)cc1F)c1cc(C)c(C)cc1Cl. The number of benzene rings is 2. The van der Waals surface area contributed by atoms with Crippen molar-refractivity contribution in [3.63, 3.8) is 0 Å². The van der Waals surface area contributed by atoms with Crippen molar-refractivity contribution in [2.24, 2.45) is 0 Å². The molecule has 0 aliphatic carbocycles. The van der Waals surface area contributed by atoms with E-state index in [1.54, 1.807) is 0 Å². The molecule has 2 rings (SSSR count).